The molecule has 0 bridgehead atoms. The Morgan fingerprint density at radius 2 is 1.70 bits per heavy atom. The predicted octanol–water partition coefficient (Wildman–Crippen LogP) is 2.24. The zero-order valence-corrected chi connectivity index (χ0v) is 16.5. The lowest BCUT2D eigenvalue weighted by atomic mass is 10.1. The number of aromatic nitrogens is 3. The first-order chi connectivity index (χ1) is 14.7. The SMILES string of the molecule is Nc1nc(CN2CCN(C(=O)Cc3noc4ccccc34)CC2)nc2ccccc12. The number of rotatable bonds is 4. The van der Waals surface area contributed by atoms with Crippen LogP contribution in [0.4, 0.5) is 5.82 Å². The summed E-state index contributed by atoms with van der Waals surface area (Å²) in [5.74, 6) is 1.28. The largest absolute Gasteiger partial charge is 0.383 e. The molecule has 0 radical (unpaired) electrons. The highest BCUT2D eigenvalue weighted by molar-refractivity contribution is 5.88. The summed E-state index contributed by atoms with van der Waals surface area (Å²) < 4.78 is 5.31. The molecule has 0 aliphatic carbocycles. The van der Waals surface area contributed by atoms with Crippen LogP contribution in [0.15, 0.2) is 53.1 Å². The number of nitrogen functional groups attached to an aromatic ring is 1. The fourth-order valence-corrected chi connectivity index (χ4v) is 3.90. The number of amides is 1. The van der Waals surface area contributed by atoms with Crippen molar-refractivity contribution in [2.45, 2.75) is 13.0 Å². The van der Waals surface area contributed by atoms with E-state index in [-0.39, 0.29) is 12.3 Å². The zero-order chi connectivity index (χ0) is 20.5. The summed E-state index contributed by atoms with van der Waals surface area (Å²) in [7, 11) is 0. The van der Waals surface area contributed by atoms with Crippen LogP contribution in [0.25, 0.3) is 21.9 Å². The Hall–Kier alpha value is -3.52. The summed E-state index contributed by atoms with van der Waals surface area (Å²) in [6.07, 6.45) is 0.251. The van der Waals surface area contributed by atoms with Crippen LogP contribution in [0.1, 0.15) is 11.5 Å². The van der Waals surface area contributed by atoms with Crippen molar-refractivity contribution in [3.05, 3.63) is 60.0 Å². The fourth-order valence-electron chi connectivity index (χ4n) is 3.90. The summed E-state index contributed by atoms with van der Waals surface area (Å²) in [4.78, 5) is 26.0. The van der Waals surface area contributed by atoms with Crippen LogP contribution in [0.3, 0.4) is 0 Å². The topological polar surface area (TPSA) is 101 Å². The van der Waals surface area contributed by atoms with Crippen LogP contribution >= 0.6 is 0 Å². The molecule has 1 amide bonds. The van der Waals surface area contributed by atoms with Crippen molar-refractivity contribution >= 4 is 33.6 Å². The zero-order valence-electron chi connectivity index (χ0n) is 16.5. The molecule has 2 aromatic heterocycles. The van der Waals surface area contributed by atoms with Crippen LogP contribution < -0.4 is 5.73 Å². The molecule has 1 aliphatic heterocycles. The quantitative estimate of drug-likeness (QED) is 0.558. The number of hydrogen-bond acceptors (Lipinski definition) is 7. The van der Waals surface area contributed by atoms with Gasteiger partial charge in [-0.05, 0) is 24.3 Å². The van der Waals surface area contributed by atoms with Crippen LogP contribution in [0.2, 0.25) is 0 Å². The normalized spacial score (nSPS) is 15.1. The summed E-state index contributed by atoms with van der Waals surface area (Å²) in [6.45, 7) is 3.48. The molecule has 1 fully saturated rings. The second-order valence-electron chi connectivity index (χ2n) is 7.50. The van der Waals surface area contributed by atoms with Gasteiger partial charge in [0.2, 0.25) is 5.91 Å². The second-order valence-corrected chi connectivity index (χ2v) is 7.50. The highest BCUT2D eigenvalue weighted by Crippen LogP contribution is 2.20. The van der Waals surface area contributed by atoms with Crippen LogP contribution in [-0.2, 0) is 17.8 Å². The van der Waals surface area contributed by atoms with Gasteiger partial charge in [0, 0.05) is 37.0 Å². The Morgan fingerprint density at radius 1 is 0.967 bits per heavy atom. The molecule has 0 unspecified atom stereocenters. The molecular weight excluding hydrogens is 380 g/mol. The van der Waals surface area contributed by atoms with Crippen molar-refractivity contribution in [1.82, 2.24) is 24.9 Å². The van der Waals surface area contributed by atoms with Gasteiger partial charge in [-0.25, -0.2) is 9.97 Å². The number of carbonyl (C=O) groups is 1. The van der Waals surface area contributed by atoms with Crippen molar-refractivity contribution in [3.8, 4) is 0 Å². The Bertz CT molecular complexity index is 1210. The number of nitrogens with two attached hydrogens (primary N) is 1. The van der Waals surface area contributed by atoms with Crippen molar-refractivity contribution in [2.24, 2.45) is 0 Å². The fraction of sp³-hybridized carbons (Fsp3) is 0.273. The number of nitrogens with zero attached hydrogens (tertiary/aromatic N) is 5. The Morgan fingerprint density at radius 3 is 2.53 bits per heavy atom. The van der Waals surface area contributed by atoms with E-state index >= 15 is 0 Å². The lowest BCUT2D eigenvalue weighted by molar-refractivity contribution is -0.132. The Labute approximate surface area is 173 Å². The van der Waals surface area contributed by atoms with E-state index in [4.69, 9.17) is 10.3 Å². The minimum atomic E-state index is 0.0694. The molecule has 152 valence electrons. The average molecular weight is 402 g/mol. The number of anilines is 1. The maximum atomic E-state index is 12.7. The summed E-state index contributed by atoms with van der Waals surface area (Å²) in [6, 6.07) is 15.4. The van der Waals surface area contributed by atoms with E-state index in [0.717, 1.165) is 29.4 Å². The number of carbonyl (C=O) groups excluding carboxylic acids is 1. The van der Waals surface area contributed by atoms with Crippen LogP contribution in [0, 0.1) is 0 Å². The third kappa shape index (κ3) is 3.57. The minimum Gasteiger partial charge on any atom is -0.383 e. The molecule has 1 saturated heterocycles. The first kappa shape index (κ1) is 18.5. The molecule has 8 heteroatoms. The van der Waals surface area contributed by atoms with E-state index in [2.05, 4.69) is 20.0 Å². The van der Waals surface area contributed by atoms with E-state index in [0.29, 0.717) is 42.6 Å². The van der Waals surface area contributed by atoms with Gasteiger partial charge in [-0.3, -0.25) is 9.69 Å². The average Bonchev–Trinajstić information content (AvgIpc) is 3.17. The first-order valence-electron chi connectivity index (χ1n) is 10.0. The van der Waals surface area contributed by atoms with Gasteiger partial charge in [0.05, 0.1) is 18.5 Å². The number of hydrogen-bond donors (Lipinski definition) is 1. The highest BCUT2D eigenvalue weighted by atomic mass is 16.5. The summed E-state index contributed by atoms with van der Waals surface area (Å²) in [5, 5.41) is 5.84. The maximum Gasteiger partial charge on any atom is 0.228 e. The summed E-state index contributed by atoms with van der Waals surface area (Å²) >= 11 is 0. The first-order valence-corrected chi connectivity index (χ1v) is 10.0. The van der Waals surface area contributed by atoms with E-state index in [9.17, 15) is 4.79 Å². The van der Waals surface area contributed by atoms with Gasteiger partial charge in [-0.15, -0.1) is 0 Å². The standard InChI is InChI=1S/C22H22N6O2/c23-22-16-6-1-3-7-17(16)24-20(25-22)14-27-9-11-28(12-10-27)21(29)13-18-15-5-2-4-8-19(15)30-26-18/h1-8H,9-14H2,(H2,23,24,25). The molecule has 4 aromatic rings. The summed E-state index contributed by atoms with van der Waals surface area (Å²) in [5.41, 5.74) is 8.35. The molecule has 30 heavy (non-hydrogen) atoms. The smallest absolute Gasteiger partial charge is 0.228 e. The number of para-hydroxylation sites is 2. The van der Waals surface area contributed by atoms with Gasteiger partial charge in [-0.1, -0.05) is 29.4 Å². The van der Waals surface area contributed by atoms with Crippen LogP contribution in [-0.4, -0.2) is 57.0 Å². The molecule has 2 aromatic carbocycles. The molecule has 8 nitrogen and oxygen atoms in total. The van der Waals surface area contributed by atoms with Gasteiger partial charge < -0.3 is 15.2 Å². The third-order valence-corrected chi connectivity index (χ3v) is 5.54. The lowest BCUT2D eigenvalue weighted by Gasteiger charge is -2.34. The van der Waals surface area contributed by atoms with Gasteiger partial charge in [0.25, 0.3) is 0 Å². The number of benzene rings is 2. The van der Waals surface area contributed by atoms with Crippen molar-refractivity contribution in [2.75, 3.05) is 31.9 Å². The Kier molecular flexibility index (Phi) is 4.76. The van der Waals surface area contributed by atoms with Gasteiger partial charge in [0.1, 0.15) is 17.3 Å². The molecule has 0 saturated carbocycles. The highest BCUT2D eigenvalue weighted by Gasteiger charge is 2.23. The number of piperazine rings is 1. The third-order valence-electron chi connectivity index (χ3n) is 5.54. The molecule has 0 spiro atoms. The second kappa shape index (κ2) is 7.72. The molecule has 5 rings (SSSR count). The van der Waals surface area contributed by atoms with E-state index in [1.807, 2.05) is 53.4 Å². The minimum absolute atomic E-state index is 0.0694. The predicted molar refractivity (Wildman–Crippen MR) is 114 cm³/mol. The van der Waals surface area contributed by atoms with E-state index in [1.54, 1.807) is 0 Å². The molecule has 0 atom stereocenters. The van der Waals surface area contributed by atoms with Gasteiger partial charge >= 0.3 is 0 Å². The van der Waals surface area contributed by atoms with Crippen LogP contribution in [0.5, 0.6) is 0 Å². The van der Waals surface area contributed by atoms with Crippen molar-refractivity contribution in [1.29, 1.82) is 0 Å². The van der Waals surface area contributed by atoms with E-state index in [1.165, 1.54) is 0 Å². The molecule has 1 aliphatic rings. The molecule has 3 heterocycles. The lowest BCUT2D eigenvalue weighted by Crippen LogP contribution is -2.48. The van der Waals surface area contributed by atoms with E-state index < -0.39 is 0 Å². The van der Waals surface area contributed by atoms with Gasteiger partial charge in [0.15, 0.2) is 5.58 Å². The molecular formula is C22H22N6O2. The Balaban J connectivity index is 1.20. The monoisotopic (exact) mass is 402 g/mol. The molecule has 2 N–H and O–H groups in total. The van der Waals surface area contributed by atoms with Gasteiger partial charge in [-0.2, -0.15) is 0 Å². The van der Waals surface area contributed by atoms with Crippen molar-refractivity contribution in [3.63, 3.8) is 0 Å². The van der Waals surface area contributed by atoms with Crippen molar-refractivity contribution < 1.29 is 9.32 Å². The number of fused-ring (bicyclic) bond motifs is 2. The maximum absolute atomic E-state index is 12.7.